The highest BCUT2D eigenvalue weighted by Crippen LogP contribution is 2.32. The maximum Gasteiger partial charge on any atom is 0.303 e. The number of hydrogen-bond donors (Lipinski definition) is 2. The van der Waals surface area contributed by atoms with E-state index in [2.05, 4.69) is 30.7 Å². The fourth-order valence-electron chi connectivity index (χ4n) is 3.09. The van der Waals surface area contributed by atoms with Crippen LogP contribution in [-0.2, 0) is 24.3 Å². The molecule has 0 fully saturated rings. The molecule has 170 valence electrons. The lowest BCUT2D eigenvalue weighted by Crippen LogP contribution is -2.14. The predicted octanol–water partition coefficient (Wildman–Crippen LogP) is 3.46. The second-order valence-corrected chi connectivity index (χ2v) is 7.91. The Hall–Kier alpha value is -3.47. The van der Waals surface area contributed by atoms with Crippen LogP contribution in [0.25, 0.3) is 11.3 Å². The first-order valence-corrected chi connectivity index (χ1v) is 9.89. The van der Waals surface area contributed by atoms with Crippen LogP contribution in [0, 0.1) is 6.92 Å². The van der Waals surface area contributed by atoms with Crippen molar-refractivity contribution in [2.24, 2.45) is 7.05 Å². The van der Waals surface area contributed by atoms with Crippen LogP contribution in [0.4, 0.5) is 26.1 Å². The van der Waals surface area contributed by atoms with Gasteiger partial charge in [-0.25, -0.2) is 15.0 Å². The molecule has 0 aliphatic carbocycles. The molecule has 2 N–H and O–H groups in total. The number of amides is 1. The van der Waals surface area contributed by atoms with Crippen LogP contribution >= 0.6 is 0 Å². The van der Waals surface area contributed by atoms with E-state index in [0.717, 1.165) is 12.6 Å². The molecule has 11 heteroatoms. The van der Waals surface area contributed by atoms with Gasteiger partial charge in [-0.15, -0.1) is 0 Å². The Morgan fingerprint density at radius 2 is 1.91 bits per heavy atom. The largest absolute Gasteiger partial charge is 0.339 e. The van der Waals surface area contributed by atoms with Crippen molar-refractivity contribution in [3.05, 3.63) is 41.6 Å². The van der Waals surface area contributed by atoms with E-state index in [1.807, 2.05) is 32.1 Å². The minimum Gasteiger partial charge on any atom is -0.339 e. The van der Waals surface area contributed by atoms with Crippen molar-refractivity contribution in [3.63, 3.8) is 0 Å². The van der Waals surface area contributed by atoms with Gasteiger partial charge in [-0.3, -0.25) is 9.48 Å². The van der Waals surface area contributed by atoms with Crippen LogP contribution in [0.3, 0.4) is 0 Å². The zero-order valence-corrected chi connectivity index (χ0v) is 18.9. The highest BCUT2D eigenvalue weighted by molar-refractivity contribution is 5.89. The van der Waals surface area contributed by atoms with Crippen LogP contribution in [0.2, 0.25) is 0 Å². The minimum atomic E-state index is -3.19. The van der Waals surface area contributed by atoms with Gasteiger partial charge in [-0.05, 0) is 27.1 Å². The number of carbonyl (C=O) groups is 1. The van der Waals surface area contributed by atoms with Gasteiger partial charge in [0.15, 0.2) is 0 Å². The minimum absolute atomic E-state index is 0.194. The molecule has 3 rings (SSSR count). The molecule has 0 radical (unpaired) electrons. The third kappa shape index (κ3) is 5.61. The maximum atomic E-state index is 13.8. The van der Waals surface area contributed by atoms with Gasteiger partial charge >= 0.3 is 5.92 Å². The topological polar surface area (TPSA) is 101 Å². The summed E-state index contributed by atoms with van der Waals surface area (Å²) in [5.41, 5.74) is 3.14. The van der Waals surface area contributed by atoms with Crippen LogP contribution in [0.5, 0.6) is 0 Å². The average Bonchev–Trinajstić information content (AvgIpc) is 2.99. The summed E-state index contributed by atoms with van der Waals surface area (Å²) in [7, 11) is 5.77. The molecule has 32 heavy (non-hydrogen) atoms. The molecular weight excluding hydrogens is 418 g/mol. The van der Waals surface area contributed by atoms with Gasteiger partial charge in [0.05, 0.1) is 17.1 Å². The summed E-state index contributed by atoms with van der Waals surface area (Å²) < 4.78 is 29.4. The quantitative estimate of drug-likeness (QED) is 0.576. The second kappa shape index (κ2) is 8.95. The summed E-state index contributed by atoms with van der Waals surface area (Å²) >= 11 is 0. The van der Waals surface area contributed by atoms with Crippen molar-refractivity contribution in [2.45, 2.75) is 33.2 Å². The predicted molar refractivity (Wildman–Crippen MR) is 118 cm³/mol. The smallest absolute Gasteiger partial charge is 0.303 e. The number of alkyl halides is 2. The van der Waals surface area contributed by atoms with E-state index in [4.69, 9.17) is 0 Å². The summed E-state index contributed by atoms with van der Waals surface area (Å²) in [4.78, 5) is 25.6. The molecule has 3 aromatic heterocycles. The number of aryl methyl sites for hydroxylation is 2. The molecule has 1 amide bonds. The number of pyridine rings is 1. The van der Waals surface area contributed by atoms with Crippen LogP contribution in [0.1, 0.15) is 31.1 Å². The summed E-state index contributed by atoms with van der Waals surface area (Å²) in [6.45, 7) is 4.42. The van der Waals surface area contributed by atoms with Gasteiger partial charge in [0.1, 0.15) is 11.6 Å². The fraction of sp³-hybridized carbons (Fsp3) is 0.381. The number of halogens is 2. The average molecular weight is 444 g/mol. The zero-order chi connectivity index (χ0) is 23.6. The summed E-state index contributed by atoms with van der Waals surface area (Å²) in [6, 6.07) is 5.10. The van der Waals surface area contributed by atoms with E-state index in [1.165, 1.54) is 6.92 Å². The van der Waals surface area contributed by atoms with Gasteiger partial charge in [0, 0.05) is 57.0 Å². The van der Waals surface area contributed by atoms with E-state index < -0.39 is 11.7 Å². The molecular formula is C21H26F2N8O. The number of rotatable bonds is 7. The molecule has 3 heterocycles. The van der Waals surface area contributed by atoms with Gasteiger partial charge in [0.2, 0.25) is 11.7 Å². The molecule has 3 aromatic rings. The maximum absolute atomic E-state index is 13.8. The zero-order valence-electron chi connectivity index (χ0n) is 18.9. The number of anilines is 3. The van der Waals surface area contributed by atoms with Crippen LogP contribution in [0.15, 0.2) is 24.4 Å². The van der Waals surface area contributed by atoms with Crippen LogP contribution < -0.4 is 10.6 Å². The first-order chi connectivity index (χ1) is 14.9. The summed E-state index contributed by atoms with van der Waals surface area (Å²) in [5, 5.41) is 10.3. The van der Waals surface area contributed by atoms with Crippen molar-refractivity contribution < 1.29 is 13.6 Å². The first-order valence-electron chi connectivity index (χ1n) is 9.89. The molecule has 0 aliphatic heterocycles. The molecule has 0 bridgehead atoms. The van der Waals surface area contributed by atoms with E-state index >= 15 is 0 Å². The van der Waals surface area contributed by atoms with Crippen molar-refractivity contribution in [1.82, 2.24) is 29.6 Å². The Labute approximate surface area is 184 Å². The molecule has 0 saturated heterocycles. The van der Waals surface area contributed by atoms with Crippen molar-refractivity contribution in [1.29, 1.82) is 0 Å². The van der Waals surface area contributed by atoms with Gasteiger partial charge in [0.25, 0.3) is 0 Å². The van der Waals surface area contributed by atoms with Crippen molar-refractivity contribution >= 4 is 23.2 Å². The lowest BCUT2D eigenvalue weighted by Gasteiger charge is -2.15. The molecule has 0 atom stereocenters. The van der Waals surface area contributed by atoms with Gasteiger partial charge in [-0.2, -0.15) is 13.9 Å². The van der Waals surface area contributed by atoms with Crippen molar-refractivity contribution in [3.8, 4) is 11.3 Å². The number of carbonyl (C=O) groups excluding carboxylic acids is 1. The Balaban J connectivity index is 2.07. The number of aromatic nitrogens is 5. The van der Waals surface area contributed by atoms with Gasteiger partial charge < -0.3 is 15.5 Å². The third-order valence-electron chi connectivity index (χ3n) is 4.45. The Kier molecular flexibility index (Phi) is 6.49. The standard InChI is InChI=1S/C21H26F2N8O/c1-12-7-19(28-20(25-12)21(3,22)23)27-16-9-18(26-13(2)32)24-10-15(16)17-8-14(11-30(4)5)31(6)29-17/h7-10H,11H2,1-6H3,(H2,24,25,26,27,28,32). The molecule has 0 aliphatic rings. The Bertz CT molecular complexity index is 1140. The Morgan fingerprint density at radius 3 is 2.53 bits per heavy atom. The van der Waals surface area contributed by atoms with E-state index in [9.17, 15) is 13.6 Å². The summed E-state index contributed by atoms with van der Waals surface area (Å²) in [6.07, 6.45) is 1.57. The lowest BCUT2D eigenvalue weighted by atomic mass is 10.1. The molecule has 0 saturated carbocycles. The fourth-order valence-corrected chi connectivity index (χ4v) is 3.09. The lowest BCUT2D eigenvalue weighted by molar-refractivity contribution is -0.114. The van der Waals surface area contributed by atoms with E-state index in [1.54, 1.807) is 29.9 Å². The normalized spacial score (nSPS) is 11.7. The molecule has 0 aromatic carbocycles. The van der Waals surface area contributed by atoms with E-state index in [-0.39, 0.29) is 11.7 Å². The Morgan fingerprint density at radius 1 is 1.19 bits per heavy atom. The van der Waals surface area contributed by atoms with E-state index in [0.29, 0.717) is 35.0 Å². The second-order valence-electron chi connectivity index (χ2n) is 7.91. The van der Waals surface area contributed by atoms with Gasteiger partial charge in [-0.1, -0.05) is 0 Å². The third-order valence-corrected chi connectivity index (χ3v) is 4.45. The van der Waals surface area contributed by atoms with Crippen molar-refractivity contribution in [2.75, 3.05) is 24.7 Å². The number of nitrogens with zero attached hydrogens (tertiary/aromatic N) is 6. The monoisotopic (exact) mass is 444 g/mol. The molecule has 9 nitrogen and oxygen atoms in total. The summed E-state index contributed by atoms with van der Waals surface area (Å²) in [5.74, 6) is -3.55. The molecule has 0 spiro atoms. The van der Waals surface area contributed by atoms with Crippen LogP contribution in [-0.4, -0.2) is 49.6 Å². The highest BCUT2D eigenvalue weighted by atomic mass is 19.3. The number of hydrogen-bond acceptors (Lipinski definition) is 7. The first kappa shape index (κ1) is 23.2. The molecule has 0 unspecified atom stereocenters. The number of nitrogens with one attached hydrogen (secondary N) is 2. The SMILES string of the molecule is CC(=O)Nc1cc(Nc2cc(C)nc(C(C)(F)F)n2)c(-c2cc(CN(C)C)n(C)n2)cn1. The highest BCUT2D eigenvalue weighted by Gasteiger charge is 2.29.